The van der Waals surface area contributed by atoms with Crippen LogP contribution in [0, 0.1) is 0 Å². The molecule has 2 nitrogen and oxygen atoms in total. The number of hydrogen-bond acceptors (Lipinski definition) is 2. The molecule has 2 N–H and O–H groups in total. The van der Waals surface area contributed by atoms with Gasteiger partial charge in [0.2, 0.25) is 0 Å². The zero-order valence-corrected chi connectivity index (χ0v) is 9.94. The number of nitrogens with two attached hydrogens (primary N) is 1. The summed E-state index contributed by atoms with van der Waals surface area (Å²) >= 11 is 9.25. The average Bonchev–Trinajstić information content (AvgIpc) is 2.16. The molecule has 76 valence electrons. The number of benzene rings is 1. The zero-order chi connectivity index (χ0) is 10.6. The molecule has 4 heteroatoms. The summed E-state index contributed by atoms with van der Waals surface area (Å²) < 4.78 is 6.34. The summed E-state index contributed by atoms with van der Waals surface area (Å²) in [7, 11) is 0. The summed E-state index contributed by atoms with van der Waals surface area (Å²) in [6.07, 6.45) is 0. The second-order valence-corrected chi connectivity index (χ2v) is 4.14. The van der Waals surface area contributed by atoms with Crippen molar-refractivity contribution in [2.24, 2.45) is 5.73 Å². The molecule has 0 aromatic heterocycles. The normalized spacial score (nSPS) is 9.93. The lowest BCUT2D eigenvalue weighted by molar-refractivity contribution is 0.351. The monoisotopic (exact) mass is 275 g/mol. The second kappa shape index (κ2) is 5.39. The van der Waals surface area contributed by atoms with Crippen molar-refractivity contribution in [3.63, 3.8) is 0 Å². The molecule has 0 unspecified atom stereocenters. The summed E-state index contributed by atoms with van der Waals surface area (Å²) in [5.74, 6) is 0.643. The molecule has 1 aromatic rings. The Hall–Kier alpha value is -0.510. The summed E-state index contributed by atoms with van der Waals surface area (Å²) in [6.45, 7) is 4.56. The lowest BCUT2D eigenvalue weighted by atomic mass is 10.3. The van der Waals surface area contributed by atoms with Crippen molar-refractivity contribution in [2.75, 3.05) is 13.2 Å². The fraction of sp³-hybridized carbons (Fsp3) is 0.200. The van der Waals surface area contributed by atoms with Crippen molar-refractivity contribution in [2.45, 2.75) is 0 Å². The Morgan fingerprint density at radius 1 is 1.57 bits per heavy atom. The molecule has 0 aliphatic carbocycles. The number of ether oxygens (including phenoxy) is 1. The summed E-state index contributed by atoms with van der Waals surface area (Å²) in [6, 6.07) is 5.45. The van der Waals surface area contributed by atoms with Gasteiger partial charge in [0.1, 0.15) is 12.4 Å². The molecule has 0 amide bonds. The van der Waals surface area contributed by atoms with Gasteiger partial charge in [-0.3, -0.25) is 0 Å². The van der Waals surface area contributed by atoms with E-state index in [9.17, 15) is 0 Å². The van der Waals surface area contributed by atoms with Crippen LogP contribution >= 0.6 is 27.5 Å². The number of rotatable bonds is 4. The Labute approximate surface area is 96.8 Å². The van der Waals surface area contributed by atoms with E-state index < -0.39 is 0 Å². The van der Waals surface area contributed by atoms with Gasteiger partial charge < -0.3 is 10.5 Å². The maximum Gasteiger partial charge on any atom is 0.138 e. The molecule has 1 aromatic carbocycles. The first kappa shape index (κ1) is 11.6. The first-order chi connectivity index (χ1) is 6.63. The Morgan fingerprint density at radius 3 is 2.86 bits per heavy atom. The molecule has 0 saturated heterocycles. The third-order valence-corrected chi connectivity index (χ3v) is 2.40. The van der Waals surface area contributed by atoms with E-state index in [2.05, 4.69) is 22.5 Å². The Bertz CT molecular complexity index is 341. The van der Waals surface area contributed by atoms with Crippen LogP contribution in [0.15, 0.2) is 34.8 Å². The third kappa shape index (κ3) is 3.33. The van der Waals surface area contributed by atoms with E-state index in [1.165, 1.54) is 0 Å². The molecule has 0 radical (unpaired) electrons. The van der Waals surface area contributed by atoms with Crippen LogP contribution in [0.4, 0.5) is 0 Å². The van der Waals surface area contributed by atoms with Crippen molar-refractivity contribution in [1.82, 2.24) is 0 Å². The molecule has 14 heavy (non-hydrogen) atoms. The van der Waals surface area contributed by atoms with Crippen LogP contribution in [0.2, 0.25) is 5.02 Å². The predicted octanol–water partition coefficient (Wildman–Crippen LogP) is 3.00. The first-order valence-corrected chi connectivity index (χ1v) is 5.25. The van der Waals surface area contributed by atoms with Gasteiger partial charge >= 0.3 is 0 Å². The highest BCUT2D eigenvalue weighted by molar-refractivity contribution is 9.10. The van der Waals surface area contributed by atoms with Crippen LogP contribution in [0.3, 0.4) is 0 Å². The van der Waals surface area contributed by atoms with Crippen molar-refractivity contribution in [3.8, 4) is 5.75 Å². The second-order valence-electron chi connectivity index (χ2n) is 2.82. The van der Waals surface area contributed by atoms with Crippen LogP contribution < -0.4 is 10.5 Å². The van der Waals surface area contributed by atoms with E-state index in [4.69, 9.17) is 22.1 Å². The summed E-state index contributed by atoms with van der Waals surface area (Å²) in [5, 5.41) is 0.573. The molecular weight excluding hydrogens is 265 g/mol. The number of hydrogen-bond donors (Lipinski definition) is 1. The molecule has 0 aliphatic heterocycles. The van der Waals surface area contributed by atoms with Gasteiger partial charge in [0, 0.05) is 11.0 Å². The number of halogens is 2. The third-order valence-electron chi connectivity index (χ3n) is 1.61. The van der Waals surface area contributed by atoms with Gasteiger partial charge in [-0.15, -0.1) is 0 Å². The molecule has 0 atom stereocenters. The van der Waals surface area contributed by atoms with Gasteiger partial charge in [-0.25, -0.2) is 0 Å². The van der Waals surface area contributed by atoms with Gasteiger partial charge in [-0.2, -0.15) is 0 Å². The lowest BCUT2D eigenvalue weighted by Crippen LogP contribution is -2.09. The maximum atomic E-state index is 5.94. The van der Waals surface area contributed by atoms with Crippen LogP contribution in [0.1, 0.15) is 0 Å². The van der Waals surface area contributed by atoms with Gasteiger partial charge in [-0.1, -0.05) is 34.1 Å². The Morgan fingerprint density at radius 2 is 2.29 bits per heavy atom. The van der Waals surface area contributed by atoms with E-state index in [1.54, 1.807) is 12.1 Å². The molecule has 0 heterocycles. The summed E-state index contributed by atoms with van der Waals surface area (Å²) in [5.41, 5.74) is 6.22. The smallest absolute Gasteiger partial charge is 0.138 e. The standard InChI is InChI=1S/C10H11BrClNO/c1-7(5-13)6-14-10-3-2-8(11)4-9(10)12/h2-4H,1,5-6,13H2. The highest BCUT2D eigenvalue weighted by Crippen LogP contribution is 2.27. The quantitative estimate of drug-likeness (QED) is 0.858. The highest BCUT2D eigenvalue weighted by atomic mass is 79.9. The minimum absolute atomic E-state index is 0.401. The largest absolute Gasteiger partial charge is 0.488 e. The van der Waals surface area contributed by atoms with E-state index in [1.807, 2.05) is 6.07 Å². The molecule has 0 bridgehead atoms. The Kier molecular flexibility index (Phi) is 4.45. The van der Waals surface area contributed by atoms with Crippen molar-refractivity contribution < 1.29 is 4.74 Å². The highest BCUT2D eigenvalue weighted by Gasteiger charge is 2.02. The molecular formula is C10H11BrClNO. The van der Waals surface area contributed by atoms with E-state index in [-0.39, 0.29) is 0 Å². The van der Waals surface area contributed by atoms with Crippen molar-refractivity contribution in [1.29, 1.82) is 0 Å². The van der Waals surface area contributed by atoms with Crippen LogP contribution in [0.5, 0.6) is 5.75 Å². The first-order valence-electron chi connectivity index (χ1n) is 4.08. The van der Waals surface area contributed by atoms with Gasteiger partial charge in [-0.05, 0) is 23.8 Å². The van der Waals surface area contributed by atoms with Crippen molar-refractivity contribution in [3.05, 3.63) is 39.8 Å². The predicted molar refractivity (Wildman–Crippen MR) is 62.8 cm³/mol. The minimum atomic E-state index is 0.401. The SMILES string of the molecule is C=C(CN)COc1ccc(Br)cc1Cl. The molecule has 1 rings (SSSR count). The molecule has 0 saturated carbocycles. The Balaban J connectivity index is 2.63. The van der Waals surface area contributed by atoms with E-state index in [0.717, 1.165) is 10.0 Å². The minimum Gasteiger partial charge on any atom is -0.488 e. The van der Waals surface area contributed by atoms with Crippen LogP contribution in [0.25, 0.3) is 0 Å². The topological polar surface area (TPSA) is 35.2 Å². The molecule has 0 fully saturated rings. The van der Waals surface area contributed by atoms with E-state index in [0.29, 0.717) is 23.9 Å². The fourth-order valence-corrected chi connectivity index (χ4v) is 1.56. The maximum absolute atomic E-state index is 5.94. The lowest BCUT2D eigenvalue weighted by Gasteiger charge is -2.08. The van der Waals surface area contributed by atoms with Crippen LogP contribution in [-0.4, -0.2) is 13.2 Å². The fourth-order valence-electron chi connectivity index (χ4n) is 0.831. The van der Waals surface area contributed by atoms with Gasteiger partial charge in [0.15, 0.2) is 0 Å². The molecule has 0 spiro atoms. The van der Waals surface area contributed by atoms with E-state index >= 15 is 0 Å². The van der Waals surface area contributed by atoms with Crippen molar-refractivity contribution >= 4 is 27.5 Å². The average molecular weight is 277 g/mol. The van der Waals surface area contributed by atoms with Gasteiger partial charge in [0.25, 0.3) is 0 Å². The summed E-state index contributed by atoms with van der Waals surface area (Å²) in [4.78, 5) is 0. The van der Waals surface area contributed by atoms with Crippen LogP contribution in [-0.2, 0) is 0 Å². The van der Waals surface area contributed by atoms with Gasteiger partial charge in [0.05, 0.1) is 5.02 Å². The zero-order valence-electron chi connectivity index (χ0n) is 7.59. The molecule has 0 aliphatic rings.